The molecule has 0 radical (unpaired) electrons. The second-order valence-corrected chi connectivity index (χ2v) is 9.12. The van der Waals surface area contributed by atoms with Gasteiger partial charge in [-0.2, -0.15) is 15.5 Å². The third-order valence-electron chi connectivity index (χ3n) is 4.95. The summed E-state index contributed by atoms with van der Waals surface area (Å²) in [6, 6.07) is 16.4. The highest BCUT2D eigenvalue weighted by atomic mass is 32.2. The number of aromatic nitrogens is 4. The number of hydrogen-bond donors (Lipinski definition) is 2. The Morgan fingerprint density at radius 1 is 1.06 bits per heavy atom. The van der Waals surface area contributed by atoms with Crippen molar-refractivity contribution in [1.29, 1.82) is 5.26 Å². The van der Waals surface area contributed by atoms with E-state index in [4.69, 9.17) is 5.73 Å². The van der Waals surface area contributed by atoms with Gasteiger partial charge in [0, 0.05) is 30.2 Å². The lowest BCUT2D eigenvalue weighted by atomic mass is 9.98. The SMILES string of the molecule is CS(=O)(=O)c1ccc(-c2c(CCNc3ncnc(N)c3C#N)nnc3ccccc23)cc1. The zero-order chi connectivity index (χ0) is 22.7. The van der Waals surface area contributed by atoms with E-state index in [1.807, 2.05) is 30.3 Å². The normalized spacial score (nSPS) is 11.2. The van der Waals surface area contributed by atoms with Crippen LogP contribution >= 0.6 is 0 Å². The van der Waals surface area contributed by atoms with Gasteiger partial charge in [0.15, 0.2) is 9.84 Å². The van der Waals surface area contributed by atoms with Gasteiger partial charge in [-0.15, -0.1) is 0 Å². The van der Waals surface area contributed by atoms with Gasteiger partial charge in [-0.05, 0) is 23.8 Å². The molecule has 0 amide bonds. The van der Waals surface area contributed by atoms with E-state index in [9.17, 15) is 13.7 Å². The zero-order valence-corrected chi connectivity index (χ0v) is 18.0. The number of benzene rings is 2. The molecule has 3 N–H and O–H groups in total. The molecule has 0 fully saturated rings. The summed E-state index contributed by atoms with van der Waals surface area (Å²) in [5, 5.41) is 22.1. The van der Waals surface area contributed by atoms with Crippen LogP contribution in [0.4, 0.5) is 11.6 Å². The first kappa shape index (κ1) is 21.1. The molecule has 0 unspecified atom stereocenters. The summed E-state index contributed by atoms with van der Waals surface area (Å²) in [6.07, 6.45) is 2.96. The van der Waals surface area contributed by atoms with Crippen LogP contribution < -0.4 is 11.1 Å². The quantitative estimate of drug-likeness (QED) is 0.457. The van der Waals surface area contributed by atoms with Crippen molar-refractivity contribution in [2.24, 2.45) is 0 Å². The second kappa shape index (κ2) is 8.56. The maximum Gasteiger partial charge on any atom is 0.175 e. The molecule has 160 valence electrons. The summed E-state index contributed by atoms with van der Waals surface area (Å²) >= 11 is 0. The average Bonchev–Trinajstić information content (AvgIpc) is 2.78. The molecule has 2 aromatic carbocycles. The molecule has 9 nitrogen and oxygen atoms in total. The number of rotatable bonds is 6. The minimum atomic E-state index is -3.30. The number of nitrogen functional groups attached to an aromatic ring is 1. The molecule has 2 aromatic heterocycles. The van der Waals surface area contributed by atoms with Crippen LogP contribution in [0.15, 0.2) is 59.8 Å². The third kappa shape index (κ3) is 4.19. The first-order valence-corrected chi connectivity index (χ1v) is 11.6. The molecule has 4 rings (SSSR count). The Morgan fingerprint density at radius 2 is 1.81 bits per heavy atom. The molecule has 0 bridgehead atoms. The van der Waals surface area contributed by atoms with Crippen LogP contribution in [0.1, 0.15) is 11.3 Å². The molecule has 4 aromatic rings. The minimum absolute atomic E-state index is 0.113. The number of nitrogens with two attached hydrogens (primary N) is 1. The Bertz CT molecular complexity index is 1450. The van der Waals surface area contributed by atoms with E-state index in [-0.39, 0.29) is 16.3 Å². The molecule has 10 heteroatoms. The van der Waals surface area contributed by atoms with Crippen LogP contribution in [0.5, 0.6) is 0 Å². The van der Waals surface area contributed by atoms with Gasteiger partial charge < -0.3 is 11.1 Å². The summed E-state index contributed by atoms with van der Waals surface area (Å²) in [5.74, 6) is 0.468. The van der Waals surface area contributed by atoms with E-state index in [0.717, 1.165) is 27.7 Å². The Kier molecular flexibility index (Phi) is 5.66. The predicted molar refractivity (Wildman–Crippen MR) is 121 cm³/mol. The zero-order valence-electron chi connectivity index (χ0n) is 17.1. The van der Waals surface area contributed by atoms with Crippen LogP contribution in [-0.4, -0.2) is 41.4 Å². The molecule has 0 saturated carbocycles. The van der Waals surface area contributed by atoms with Crippen molar-refractivity contribution in [3.8, 4) is 17.2 Å². The number of nitriles is 1. The van der Waals surface area contributed by atoms with Gasteiger partial charge in [0.05, 0.1) is 16.1 Å². The van der Waals surface area contributed by atoms with Crippen molar-refractivity contribution in [3.63, 3.8) is 0 Å². The molecule has 0 saturated heterocycles. The highest BCUT2D eigenvalue weighted by molar-refractivity contribution is 7.90. The summed E-state index contributed by atoms with van der Waals surface area (Å²) < 4.78 is 23.7. The molecule has 0 atom stereocenters. The largest absolute Gasteiger partial charge is 0.382 e. The van der Waals surface area contributed by atoms with Gasteiger partial charge in [0.2, 0.25) is 0 Å². The summed E-state index contributed by atoms with van der Waals surface area (Å²) in [6.45, 7) is 0.423. The Hall–Kier alpha value is -4.10. The van der Waals surface area contributed by atoms with Gasteiger partial charge in [-0.3, -0.25) is 0 Å². The topological polar surface area (TPSA) is 148 Å². The smallest absolute Gasteiger partial charge is 0.175 e. The molecular formula is C22H19N7O2S. The van der Waals surface area contributed by atoms with E-state index in [1.165, 1.54) is 12.6 Å². The second-order valence-electron chi connectivity index (χ2n) is 7.11. The number of fused-ring (bicyclic) bond motifs is 1. The summed E-state index contributed by atoms with van der Waals surface area (Å²) in [5.41, 5.74) is 9.10. The van der Waals surface area contributed by atoms with Gasteiger partial charge in [-0.1, -0.05) is 30.3 Å². The molecule has 0 spiro atoms. The number of anilines is 2. The van der Waals surface area contributed by atoms with Crippen LogP contribution in [0.25, 0.3) is 22.0 Å². The number of nitrogens with one attached hydrogen (secondary N) is 1. The van der Waals surface area contributed by atoms with E-state index in [2.05, 4.69) is 25.5 Å². The highest BCUT2D eigenvalue weighted by Gasteiger charge is 2.15. The maximum atomic E-state index is 11.8. The first-order chi connectivity index (χ1) is 15.4. The van der Waals surface area contributed by atoms with Crippen molar-refractivity contribution in [3.05, 3.63) is 66.1 Å². The predicted octanol–water partition coefficient (Wildman–Crippen LogP) is 2.60. The van der Waals surface area contributed by atoms with Gasteiger partial charge in [0.25, 0.3) is 0 Å². The Labute approximate surface area is 184 Å². The lowest BCUT2D eigenvalue weighted by Crippen LogP contribution is -2.12. The fraction of sp³-hybridized carbons (Fsp3) is 0.136. The molecular weight excluding hydrogens is 426 g/mol. The molecule has 0 aliphatic carbocycles. The number of sulfone groups is 1. The lowest BCUT2D eigenvalue weighted by molar-refractivity contribution is 0.602. The van der Waals surface area contributed by atoms with Crippen LogP contribution in [0, 0.1) is 11.3 Å². The van der Waals surface area contributed by atoms with E-state index in [1.54, 1.807) is 24.3 Å². The van der Waals surface area contributed by atoms with Crippen LogP contribution in [-0.2, 0) is 16.3 Å². The fourth-order valence-corrected chi connectivity index (χ4v) is 4.03. The monoisotopic (exact) mass is 445 g/mol. The van der Waals surface area contributed by atoms with Crippen molar-refractivity contribution in [2.75, 3.05) is 23.9 Å². The highest BCUT2D eigenvalue weighted by Crippen LogP contribution is 2.31. The number of nitrogens with zero attached hydrogens (tertiary/aromatic N) is 5. The van der Waals surface area contributed by atoms with E-state index < -0.39 is 9.84 Å². The standard InChI is InChI=1S/C22H19N7O2S/c1-32(30,31)15-8-6-14(7-9-15)20-16-4-2-3-5-18(16)28-29-19(20)10-11-25-22-17(12-23)21(24)26-13-27-22/h2-9,13H,10-11H2,1H3,(H3,24,25,26,27). The van der Waals surface area contributed by atoms with Gasteiger partial charge in [0.1, 0.15) is 29.6 Å². The van der Waals surface area contributed by atoms with Gasteiger partial charge in [-0.25, -0.2) is 18.4 Å². The summed E-state index contributed by atoms with van der Waals surface area (Å²) in [7, 11) is -3.30. The minimum Gasteiger partial charge on any atom is -0.382 e. The fourth-order valence-electron chi connectivity index (χ4n) is 3.40. The summed E-state index contributed by atoms with van der Waals surface area (Å²) in [4.78, 5) is 8.17. The van der Waals surface area contributed by atoms with Crippen molar-refractivity contribution >= 4 is 32.4 Å². The third-order valence-corrected chi connectivity index (χ3v) is 6.08. The van der Waals surface area contributed by atoms with Gasteiger partial charge >= 0.3 is 0 Å². The van der Waals surface area contributed by atoms with Crippen LogP contribution in [0.2, 0.25) is 0 Å². The van der Waals surface area contributed by atoms with Crippen molar-refractivity contribution < 1.29 is 8.42 Å². The van der Waals surface area contributed by atoms with Crippen LogP contribution in [0.3, 0.4) is 0 Å². The Morgan fingerprint density at radius 3 is 2.53 bits per heavy atom. The van der Waals surface area contributed by atoms with Crippen molar-refractivity contribution in [1.82, 2.24) is 20.2 Å². The lowest BCUT2D eigenvalue weighted by Gasteiger charge is -2.13. The average molecular weight is 446 g/mol. The molecule has 2 heterocycles. The van der Waals surface area contributed by atoms with Crippen molar-refractivity contribution in [2.45, 2.75) is 11.3 Å². The molecule has 0 aliphatic rings. The van der Waals surface area contributed by atoms with E-state index >= 15 is 0 Å². The molecule has 0 aliphatic heterocycles. The maximum absolute atomic E-state index is 11.8. The van der Waals surface area contributed by atoms with E-state index in [0.29, 0.717) is 18.8 Å². The Balaban J connectivity index is 1.70. The number of hydrogen-bond acceptors (Lipinski definition) is 9. The first-order valence-electron chi connectivity index (χ1n) is 9.67. The molecule has 32 heavy (non-hydrogen) atoms.